The third-order valence-corrected chi connectivity index (χ3v) is 7.03. The molecule has 3 aromatic carbocycles. The van der Waals surface area contributed by atoms with Crippen molar-refractivity contribution in [3.8, 4) is 5.75 Å². The smallest absolute Gasteiger partial charge is 0.261 e. The van der Waals surface area contributed by atoms with Crippen molar-refractivity contribution in [2.45, 2.75) is 43.1 Å². The van der Waals surface area contributed by atoms with Crippen molar-refractivity contribution in [2.24, 2.45) is 0 Å². The van der Waals surface area contributed by atoms with Crippen LogP contribution in [0, 0.1) is 6.42 Å². The third kappa shape index (κ3) is 5.81. The average Bonchev–Trinajstić information content (AvgIpc) is 2.79. The van der Waals surface area contributed by atoms with E-state index in [9.17, 15) is 8.42 Å². The van der Waals surface area contributed by atoms with Crippen LogP contribution in [-0.4, -0.2) is 8.42 Å². The Morgan fingerprint density at radius 3 is 2.52 bits per heavy atom. The second-order valence-corrected chi connectivity index (χ2v) is 9.87. The first-order chi connectivity index (χ1) is 15.0. The van der Waals surface area contributed by atoms with Gasteiger partial charge in [0.15, 0.2) is 0 Å². The summed E-state index contributed by atoms with van der Waals surface area (Å²) in [4.78, 5) is 0.178. The summed E-state index contributed by atoms with van der Waals surface area (Å²) in [6, 6.07) is 21.6. The quantitative estimate of drug-likeness (QED) is 0.438. The van der Waals surface area contributed by atoms with E-state index < -0.39 is 10.0 Å². The number of benzene rings is 3. The Morgan fingerprint density at radius 2 is 1.77 bits per heavy atom. The van der Waals surface area contributed by atoms with E-state index >= 15 is 0 Å². The maximum Gasteiger partial charge on any atom is 0.261 e. The van der Waals surface area contributed by atoms with E-state index in [1.54, 1.807) is 42.5 Å². The molecule has 0 heterocycles. The first kappa shape index (κ1) is 21.7. The molecule has 0 aliphatic heterocycles. The minimum atomic E-state index is -3.72. The van der Waals surface area contributed by atoms with Crippen LogP contribution in [0.15, 0.2) is 77.7 Å². The molecular formula is C25H25ClNO3S. The Morgan fingerprint density at radius 1 is 0.968 bits per heavy atom. The van der Waals surface area contributed by atoms with Crippen LogP contribution in [0.3, 0.4) is 0 Å². The van der Waals surface area contributed by atoms with Crippen LogP contribution in [-0.2, 0) is 16.6 Å². The van der Waals surface area contributed by atoms with E-state index in [2.05, 4.69) is 23.3 Å². The fraction of sp³-hybridized carbons (Fsp3) is 0.240. The van der Waals surface area contributed by atoms with Gasteiger partial charge in [-0.15, -0.1) is 0 Å². The van der Waals surface area contributed by atoms with Gasteiger partial charge in [-0.25, -0.2) is 8.42 Å². The van der Waals surface area contributed by atoms with Crippen LogP contribution in [0.2, 0.25) is 5.02 Å². The van der Waals surface area contributed by atoms with E-state index in [1.165, 1.54) is 31.2 Å². The van der Waals surface area contributed by atoms with Gasteiger partial charge >= 0.3 is 0 Å². The molecule has 0 saturated heterocycles. The summed E-state index contributed by atoms with van der Waals surface area (Å²) in [5.74, 6) is 1.31. The molecule has 1 radical (unpaired) electrons. The number of hydrogen-bond donors (Lipinski definition) is 1. The Labute approximate surface area is 189 Å². The fourth-order valence-electron chi connectivity index (χ4n) is 3.79. The molecule has 1 aliphatic carbocycles. The predicted molar refractivity (Wildman–Crippen MR) is 125 cm³/mol. The van der Waals surface area contributed by atoms with Crippen LogP contribution >= 0.6 is 11.6 Å². The lowest BCUT2D eigenvalue weighted by Crippen LogP contribution is -2.13. The Kier molecular flexibility index (Phi) is 6.83. The van der Waals surface area contributed by atoms with E-state index in [0.717, 1.165) is 11.3 Å². The fourth-order valence-corrected chi connectivity index (χ4v) is 5.10. The first-order valence-corrected chi connectivity index (χ1v) is 12.3. The topological polar surface area (TPSA) is 55.4 Å². The molecule has 0 amide bonds. The van der Waals surface area contributed by atoms with E-state index in [4.69, 9.17) is 16.3 Å². The first-order valence-electron chi connectivity index (χ1n) is 10.4. The van der Waals surface area contributed by atoms with Gasteiger partial charge in [0.1, 0.15) is 12.4 Å². The second kappa shape index (κ2) is 9.75. The summed E-state index contributed by atoms with van der Waals surface area (Å²) in [5, 5.41) is 0.467. The average molecular weight is 455 g/mol. The van der Waals surface area contributed by atoms with Crippen molar-refractivity contribution in [3.63, 3.8) is 0 Å². The molecule has 1 atom stereocenters. The van der Waals surface area contributed by atoms with Gasteiger partial charge < -0.3 is 4.74 Å². The van der Waals surface area contributed by atoms with Crippen LogP contribution in [0.1, 0.15) is 42.7 Å². The summed E-state index contributed by atoms with van der Waals surface area (Å²) in [5.41, 5.74) is 2.52. The standard InChI is InChI=1S/C25H25ClNO3S/c26-22-9-5-10-23(17-22)27-31(28,29)25-11-4-6-19(16-25)18-30-24-14-12-21(13-15-24)20-7-2-1-3-8-20/h4-7,9-17,20,27H,1-3,8,18H2. The normalized spacial score (nSPS) is 14.9. The highest BCUT2D eigenvalue weighted by atomic mass is 35.5. The highest BCUT2D eigenvalue weighted by Crippen LogP contribution is 2.32. The van der Waals surface area contributed by atoms with Gasteiger partial charge in [-0.05, 0) is 78.8 Å². The number of hydrogen-bond acceptors (Lipinski definition) is 3. The van der Waals surface area contributed by atoms with E-state index in [-0.39, 0.29) is 11.5 Å². The highest BCUT2D eigenvalue weighted by Gasteiger charge is 2.16. The minimum Gasteiger partial charge on any atom is -0.489 e. The van der Waals surface area contributed by atoms with Gasteiger partial charge in [-0.2, -0.15) is 0 Å². The molecule has 1 aliphatic rings. The number of halogens is 1. The molecule has 0 spiro atoms. The maximum atomic E-state index is 12.7. The van der Waals surface area contributed by atoms with Crippen molar-refractivity contribution >= 4 is 27.3 Å². The minimum absolute atomic E-state index is 0.178. The van der Waals surface area contributed by atoms with Crippen LogP contribution in [0.25, 0.3) is 0 Å². The summed E-state index contributed by atoms with van der Waals surface area (Å²) >= 11 is 5.95. The highest BCUT2D eigenvalue weighted by molar-refractivity contribution is 7.92. The summed E-state index contributed by atoms with van der Waals surface area (Å²) in [6.45, 7) is 0.287. The van der Waals surface area contributed by atoms with E-state index in [0.29, 0.717) is 16.6 Å². The molecule has 31 heavy (non-hydrogen) atoms. The molecule has 161 valence electrons. The third-order valence-electron chi connectivity index (χ3n) is 5.42. The number of rotatable bonds is 7. The zero-order chi connectivity index (χ0) is 21.7. The van der Waals surface area contributed by atoms with E-state index in [1.807, 2.05) is 18.2 Å². The Balaban J connectivity index is 1.40. The van der Waals surface area contributed by atoms with Crippen LogP contribution < -0.4 is 9.46 Å². The summed E-state index contributed by atoms with van der Waals surface area (Å²) in [7, 11) is -3.72. The molecule has 1 N–H and O–H groups in total. The molecular weight excluding hydrogens is 430 g/mol. The lowest BCUT2D eigenvalue weighted by molar-refractivity contribution is 0.306. The second-order valence-electron chi connectivity index (χ2n) is 7.75. The number of sulfonamides is 1. The van der Waals surface area contributed by atoms with Crippen molar-refractivity contribution in [2.75, 3.05) is 4.72 Å². The number of nitrogens with one attached hydrogen (secondary N) is 1. The molecule has 4 nitrogen and oxygen atoms in total. The molecule has 1 unspecified atom stereocenters. The van der Waals surface area contributed by atoms with Gasteiger partial charge in [-0.1, -0.05) is 54.8 Å². The molecule has 3 aromatic rings. The number of ether oxygens (including phenoxy) is 1. The number of anilines is 1. The van der Waals surface area contributed by atoms with Gasteiger partial charge in [0.05, 0.1) is 10.6 Å². The lowest BCUT2D eigenvalue weighted by atomic mass is 9.84. The monoisotopic (exact) mass is 454 g/mol. The van der Waals surface area contributed by atoms with Crippen molar-refractivity contribution in [1.29, 1.82) is 0 Å². The van der Waals surface area contributed by atoms with Crippen LogP contribution in [0.5, 0.6) is 5.75 Å². The van der Waals surface area contributed by atoms with Gasteiger partial charge in [0, 0.05) is 5.02 Å². The molecule has 6 heteroatoms. The molecule has 1 fully saturated rings. The van der Waals surface area contributed by atoms with Crippen molar-refractivity contribution < 1.29 is 13.2 Å². The largest absolute Gasteiger partial charge is 0.489 e. The summed E-state index contributed by atoms with van der Waals surface area (Å²) in [6.07, 6.45) is 7.38. The van der Waals surface area contributed by atoms with Crippen molar-refractivity contribution in [3.05, 3.63) is 95.4 Å². The van der Waals surface area contributed by atoms with Gasteiger partial charge in [0.2, 0.25) is 0 Å². The Bertz CT molecular complexity index is 1120. The van der Waals surface area contributed by atoms with Crippen LogP contribution in [0.4, 0.5) is 5.69 Å². The molecule has 0 aromatic heterocycles. The van der Waals surface area contributed by atoms with Gasteiger partial charge in [0.25, 0.3) is 10.0 Å². The van der Waals surface area contributed by atoms with Gasteiger partial charge in [-0.3, -0.25) is 4.72 Å². The maximum absolute atomic E-state index is 12.7. The zero-order valence-electron chi connectivity index (χ0n) is 17.1. The predicted octanol–water partition coefficient (Wildman–Crippen LogP) is 6.58. The molecule has 0 bridgehead atoms. The zero-order valence-corrected chi connectivity index (χ0v) is 18.7. The lowest BCUT2D eigenvalue weighted by Gasteiger charge is -2.21. The SMILES string of the molecule is O=S(=O)(Nc1cccc(Cl)c1)c1cccc(COc2ccc(C3[CH]CCCC3)cc2)c1. The molecule has 1 saturated carbocycles. The molecule has 4 rings (SSSR count). The summed E-state index contributed by atoms with van der Waals surface area (Å²) < 4.78 is 33.9. The Hall–Kier alpha value is -2.50. The van der Waals surface area contributed by atoms with Crippen molar-refractivity contribution in [1.82, 2.24) is 0 Å².